The molecule has 2 aromatic heterocycles. The molecule has 2 fully saturated rings. The van der Waals surface area contributed by atoms with Gasteiger partial charge in [-0.05, 0) is 38.2 Å². The minimum Gasteiger partial charge on any atom is -0.394 e. The van der Waals surface area contributed by atoms with Crippen LogP contribution in [0.25, 0.3) is 11.2 Å². The van der Waals surface area contributed by atoms with E-state index in [1.807, 2.05) is 16.8 Å². The first-order valence-electron chi connectivity index (χ1n) is 7.69. The van der Waals surface area contributed by atoms with Crippen LogP contribution in [0.5, 0.6) is 0 Å². The van der Waals surface area contributed by atoms with Crippen LogP contribution < -0.4 is 5.32 Å². The summed E-state index contributed by atoms with van der Waals surface area (Å²) in [5.74, 6) is 0. The van der Waals surface area contributed by atoms with Crippen LogP contribution in [0, 0.1) is 0 Å². The van der Waals surface area contributed by atoms with Gasteiger partial charge in [-0.1, -0.05) is 0 Å². The molecular formula is C15H20N4O2. The third-order valence-electron chi connectivity index (χ3n) is 4.52. The zero-order chi connectivity index (χ0) is 14.2. The minimum absolute atomic E-state index is 0.0660. The maximum Gasteiger partial charge on any atom is 0.164 e. The molecule has 1 aliphatic heterocycles. The summed E-state index contributed by atoms with van der Waals surface area (Å²) in [5.41, 5.74) is 2.81. The minimum atomic E-state index is -0.0707. The highest BCUT2D eigenvalue weighted by atomic mass is 16.5. The maximum absolute atomic E-state index is 9.20. The smallest absolute Gasteiger partial charge is 0.164 e. The fourth-order valence-electron chi connectivity index (χ4n) is 3.06. The molecule has 1 saturated heterocycles. The molecule has 0 bridgehead atoms. The van der Waals surface area contributed by atoms with Gasteiger partial charge in [0, 0.05) is 12.2 Å². The normalized spacial score (nSPS) is 26.1. The van der Waals surface area contributed by atoms with E-state index in [-0.39, 0.29) is 18.9 Å². The molecule has 112 valence electrons. The van der Waals surface area contributed by atoms with Crippen molar-refractivity contribution in [1.29, 1.82) is 0 Å². The number of imidazole rings is 1. The van der Waals surface area contributed by atoms with Crippen molar-refractivity contribution in [3.05, 3.63) is 18.6 Å². The fourth-order valence-corrected chi connectivity index (χ4v) is 3.06. The Hall–Kier alpha value is -1.66. The van der Waals surface area contributed by atoms with E-state index in [1.165, 1.54) is 19.3 Å². The molecule has 0 radical (unpaired) electrons. The lowest BCUT2D eigenvalue weighted by atomic mass is 9.93. The molecule has 0 aromatic carbocycles. The van der Waals surface area contributed by atoms with Crippen molar-refractivity contribution in [1.82, 2.24) is 14.5 Å². The Kier molecular flexibility index (Phi) is 3.27. The van der Waals surface area contributed by atoms with E-state index in [4.69, 9.17) is 4.74 Å². The van der Waals surface area contributed by atoms with Gasteiger partial charge in [0.15, 0.2) is 5.65 Å². The molecule has 2 N–H and O–H groups in total. The highest BCUT2D eigenvalue weighted by Crippen LogP contribution is 2.32. The summed E-state index contributed by atoms with van der Waals surface area (Å²) in [6, 6.07) is 2.56. The lowest BCUT2D eigenvalue weighted by Crippen LogP contribution is -2.27. The Labute approximate surface area is 123 Å². The number of aliphatic hydroxyl groups excluding tert-OH is 1. The van der Waals surface area contributed by atoms with Crippen molar-refractivity contribution in [3.8, 4) is 0 Å². The number of pyridine rings is 1. The van der Waals surface area contributed by atoms with Gasteiger partial charge in [-0.15, -0.1) is 0 Å². The summed E-state index contributed by atoms with van der Waals surface area (Å²) in [5, 5.41) is 12.7. The molecule has 2 aromatic rings. The highest BCUT2D eigenvalue weighted by Gasteiger charge is 2.28. The lowest BCUT2D eigenvalue weighted by molar-refractivity contribution is -0.0207. The van der Waals surface area contributed by atoms with Crippen molar-refractivity contribution in [2.45, 2.75) is 50.5 Å². The predicted octanol–water partition coefficient (Wildman–Crippen LogP) is 2.07. The highest BCUT2D eigenvalue weighted by molar-refractivity contribution is 5.85. The lowest BCUT2D eigenvalue weighted by Gasteiger charge is -2.27. The van der Waals surface area contributed by atoms with Crippen molar-refractivity contribution in [2.24, 2.45) is 0 Å². The van der Waals surface area contributed by atoms with Gasteiger partial charge < -0.3 is 15.2 Å². The van der Waals surface area contributed by atoms with Gasteiger partial charge in [0.1, 0.15) is 11.7 Å². The van der Waals surface area contributed by atoms with Gasteiger partial charge in [-0.3, -0.25) is 4.57 Å². The first-order valence-corrected chi connectivity index (χ1v) is 7.69. The number of aliphatic hydroxyl groups is 1. The van der Waals surface area contributed by atoms with Crippen LogP contribution in [0.15, 0.2) is 18.6 Å². The molecule has 1 aliphatic carbocycles. The SMILES string of the molecule is OCC1CCC(n2cnc3c(NC4CCC4)ccnc32)O1. The van der Waals surface area contributed by atoms with Crippen LogP contribution >= 0.6 is 0 Å². The van der Waals surface area contributed by atoms with Crippen LogP contribution in [-0.2, 0) is 4.74 Å². The van der Waals surface area contributed by atoms with Crippen LogP contribution in [0.2, 0.25) is 0 Å². The molecule has 2 aliphatic rings. The summed E-state index contributed by atoms with van der Waals surface area (Å²) in [6.45, 7) is 0.0744. The second kappa shape index (κ2) is 5.27. The number of nitrogens with one attached hydrogen (secondary N) is 1. The van der Waals surface area contributed by atoms with Gasteiger partial charge in [-0.2, -0.15) is 0 Å². The molecule has 3 heterocycles. The Morgan fingerprint density at radius 2 is 2.19 bits per heavy atom. The molecule has 4 rings (SSSR count). The second-order valence-corrected chi connectivity index (χ2v) is 5.93. The van der Waals surface area contributed by atoms with Gasteiger partial charge in [0.2, 0.25) is 0 Å². The molecule has 2 atom stereocenters. The van der Waals surface area contributed by atoms with Crippen molar-refractivity contribution >= 4 is 16.9 Å². The molecular weight excluding hydrogens is 268 g/mol. The Balaban J connectivity index is 1.63. The van der Waals surface area contributed by atoms with Gasteiger partial charge in [0.05, 0.1) is 24.7 Å². The van der Waals surface area contributed by atoms with E-state index in [0.29, 0.717) is 6.04 Å². The summed E-state index contributed by atoms with van der Waals surface area (Å²) < 4.78 is 7.81. The monoisotopic (exact) mass is 288 g/mol. The third kappa shape index (κ3) is 2.28. The zero-order valence-electron chi connectivity index (χ0n) is 11.9. The average molecular weight is 288 g/mol. The predicted molar refractivity (Wildman–Crippen MR) is 79.0 cm³/mol. The standard InChI is InChI=1S/C15H20N4O2/c20-8-11-4-5-13(21-11)19-9-17-14-12(6-7-16-15(14)19)18-10-2-1-3-10/h6-7,9-11,13,20H,1-5,8H2,(H,16,18). The third-order valence-corrected chi connectivity index (χ3v) is 4.52. The largest absolute Gasteiger partial charge is 0.394 e. The number of ether oxygens (including phenoxy) is 1. The maximum atomic E-state index is 9.20. The summed E-state index contributed by atoms with van der Waals surface area (Å²) >= 11 is 0. The molecule has 1 saturated carbocycles. The van der Waals surface area contributed by atoms with Crippen LogP contribution in [0.3, 0.4) is 0 Å². The first kappa shape index (κ1) is 13.0. The van der Waals surface area contributed by atoms with E-state index in [0.717, 1.165) is 29.7 Å². The average Bonchev–Trinajstić information content (AvgIpc) is 3.08. The second-order valence-electron chi connectivity index (χ2n) is 5.93. The van der Waals surface area contributed by atoms with E-state index in [9.17, 15) is 5.11 Å². The molecule has 6 nitrogen and oxygen atoms in total. The van der Waals surface area contributed by atoms with E-state index >= 15 is 0 Å². The van der Waals surface area contributed by atoms with Gasteiger partial charge in [0.25, 0.3) is 0 Å². The van der Waals surface area contributed by atoms with Crippen LogP contribution in [0.1, 0.15) is 38.3 Å². The van der Waals surface area contributed by atoms with E-state index < -0.39 is 0 Å². The fraction of sp³-hybridized carbons (Fsp3) is 0.600. The van der Waals surface area contributed by atoms with Crippen LogP contribution in [0.4, 0.5) is 5.69 Å². The molecule has 2 unspecified atom stereocenters. The van der Waals surface area contributed by atoms with Crippen molar-refractivity contribution in [2.75, 3.05) is 11.9 Å². The van der Waals surface area contributed by atoms with Crippen LogP contribution in [-0.4, -0.2) is 38.4 Å². The molecule has 0 amide bonds. The number of aromatic nitrogens is 3. The number of hydrogen-bond donors (Lipinski definition) is 2. The molecule has 0 spiro atoms. The van der Waals surface area contributed by atoms with Gasteiger partial charge in [-0.25, -0.2) is 9.97 Å². The Bertz CT molecular complexity index is 638. The van der Waals surface area contributed by atoms with Crippen molar-refractivity contribution < 1.29 is 9.84 Å². The van der Waals surface area contributed by atoms with Gasteiger partial charge >= 0.3 is 0 Å². The topological polar surface area (TPSA) is 72.2 Å². The van der Waals surface area contributed by atoms with E-state index in [2.05, 4.69) is 15.3 Å². The van der Waals surface area contributed by atoms with E-state index in [1.54, 1.807) is 6.33 Å². The summed E-state index contributed by atoms with van der Waals surface area (Å²) in [4.78, 5) is 8.99. The number of anilines is 1. The summed E-state index contributed by atoms with van der Waals surface area (Å²) in [6.07, 6.45) is 9.01. The number of fused-ring (bicyclic) bond motifs is 1. The number of rotatable bonds is 4. The number of nitrogens with zero attached hydrogens (tertiary/aromatic N) is 3. The van der Waals surface area contributed by atoms with Crippen molar-refractivity contribution in [3.63, 3.8) is 0 Å². The first-order chi connectivity index (χ1) is 10.3. The molecule has 21 heavy (non-hydrogen) atoms. The number of hydrogen-bond acceptors (Lipinski definition) is 5. The zero-order valence-corrected chi connectivity index (χ0v) is 11.9. The Morgan fingerprint density at radius 3 is 2.90 bits per heavy atom. The quantitative estimate of drug-likeness (QED) is 0.901. The molecule has 6 heteroatoms. The Morgan fingerprint density at radius 1 is 1.29 bits per heavy atom. The summed E-state index contributed by atoms with van der Waals surface area (Å²) in [7, 11) is 0.